The lowest BCUT2D eigenvalue weighted by Gasteiger charge is -2.15. The molecule has 0 radical (unpaired) electrons. The molecule has 1 aliphatic carbocycles. The van der Waals surface area contributed by atoms with Gasteiger partial charge in [0.2, 0.25) is 11.9 Å². The van der Waals surface area contributed by atoms with Crippen molar-refractivity contribution in [1.82, 2.24) is 19.9 Å². The summed E-state index contributed by atoms with van der Waals surface area (Å²) in [5, 5.41) is 5.96. The van der Waals surface area contributed by atoms with E-state index in [1.54, 1.807) is 0 Å². The number of alkyl halides is 3. The summed E-state index contributed by atoms with van der Waals surface area (Å²) in [6.45, 7) is 3.91. The minimum Gasteiger partial charge on any atom is -0.352 e. The number of hydrogen-bond acceptors (Lipinski definition) is 6. The van der Waals surface area contributed by atoms with Gasteiger partial charge < -0.3 is 10.6 Å². The van der Waals surface area contributed by atoms with Gasteiger partial charge in [-0.1, -0.05) is 6.08 Å². The van der Waals surface area contributed by atoms with Crippen molar-refractivity contribution in [2.75, 3.05) is 10.6 Å². The first-order valence-electron chi connectivity index (χ1n) is 8.83. The average Bonchev–Trinajstić information content (AvgIpc) is 2.61. The van der Waals surface area contributed by atoms with Gasteiger partial charge in [-0.3, -0.25) is 4.98 Å². The molecule has 27 heavy (non-hydrogen) atoms. The van der Waals surface area contributed by atoms with Gasteiger partial charge in [0, 0.05) is 17.9 Å². The van der Waals surface area contributed by atoms with Gasteiger partial charge in [-0.25, -0.2) is 0 Å². The fourth-order valence-electron chi connectivity index (χ4n) is 2.73. The summed E-state index contributed by atoms with van der Waals surface area (Å²) in [6, 6.07) is 2.47. The molecule has 0 spiro atoms. The molecule has 2 aromatic heterocycles. The summed E-state index contributed by atoms with van der Waals surface area (Å²) in [5.41, 5.74) is 0.268. The molecule has 3 rings (SSSR count). The summed E-state index contributed by atoms with van der Waals surface area (Å²) >= 11 is 0. The van der Waals surface area contributed by atoms with Gasteiger partial charge in [0.05, 0.1) is 0 Å². The number of pyridine rings is 1. The van der Waals surface area contributed by atoms with Gasteiger partial charge in [-0.2, -0.15) is 28.1 Å². The van der Waals surface area contributed by atoms with Crippen molar-refractivity contribution in [3.8, 4) is 0 Å². The van der Waals surface area contributed by atoms with Crippen LogP contribution in [0.15, 0.2) is 24.4 Å². The Morgan fingerprint density at radius 2 is 1.85 bits per heavy atom. The summed E-state index contributed by atoms with van der Waals surface area (Å²) in [6.07, 6.45) is 2.73. The van der Waals surface area contributed by atoms with Crippen LogP contribution in [0.2, 0.25) is 0 Å². The highest BCUT2D eigenvalue weighted by molar-refractivity contribution is 5.63. The molecule has 0 aromatic carbocycles. The second kappa shape index (κ2) is 7.89. The largest absolute Gasteiger partial charge is 0.433 e. The van der Waals surface area contributed by atoms with Crippen molar-refractivity contribution in [2.24, 2.45) is 0 Å². The predicted molar refractivity (Wildman–Crippen MR) is 97.6 cm³/mol. The molecule has 0 amide bonds. The van der Waals surface area contributed by atoms with Gasteiger partial charge in [-0.05, 0) is 57.2 Å². The average molecular weight is 378 g/mol. The molecule has 2 N–H and O–H groups in total. The van der Waals surface area contributed by atoms with E-state index in [0.717, 1.165) is 43.5 Å². The minimum absolute atomic E-state index is 0.103. The van der Waals surface area contributed by atoms with Gasteiger partial charge >= 0.3 is 6.18 Å². The van der Waals surface area contributed by atoms with E-state index >= 15 is 0 Å². The van der Waals surface area contributed by atoms with Crippen molar-refractivity contribution in [3.63, 3.8) is 0 Å². The monoisotopic (exact) mass is 378 g/mol. The molecule has 0 fully saturated rings. The summed E-state index contributed by atoms with van der Waals surface area (Å²) < 4.78 is 38.6. The zero-order chi connectivity index (χ0) is 19.4. The topological polar surface area (TPSA) is 75.6 Å². The third kappa shape index (κ3) is 5.15. The second-order valence-electron chi connectivity index (χ2n) is 6.63. The van der Waals surface area contributed by atoms with Crippen LogP contribution >= 0.6 is 0 Å². The lowest BCUT2D eigenvalue weighted by molar-refractivity contribution is -0.141. The molecule has 2 heterocycles. The zero-order valence-electron chi connectivity index (χ0n) is 15.1. The maximum Gasteiger partial charge on any atom is 0.433 e. The maximum atomic E-state index is 12.9. The zero-order valence-corrected chi connectivity index (χ0v) is 15.1. The number of nitrogens with zero attached hydrogens (tertiary/aromatic N) is 4. The van der Waals surface area contributed by atoms with E-state index in [-0.39, 0.29) is 17.7 Å². The molecule has 0 saturated carbocycles. The van der Waals surface area contributed by atoms with Crippen molar-refractivity contribution < 1.29 is 13.2 Å². The Morgan fingerprint density at radius 1 is 1.07 bits per heavy atom. The highest BCUT2D eigenvalue weighted by atomic mass is 19.4. The summed E-state index contributed by atoms with van der Waals surface area (Å²) in [7, 11) is 0. The predicted octanol–water partition coefficient (Wildman–Crippen LogP) is 4.81. The molecule has 9 heteroatoms. The number of hydrogen-bond donors (Lipinski definition) is 2. The lowest BCUT2D eigenvalue weighted by atomic mass is 9.99. The van der Waals surface area contributed by atoms with Gasteiger partial charge in [0.1, 0.15) is 5.69 Å². The number of halogens is 3. The van der Waals surface area contributed by atoms with E-state index in [1.807, 2.05) is 13.8 Å². The smallest absolute Gasteiger partial charge is 0.352 e. The van der Waals surface area contributed by atoms with E-state index < -0.39 is 11.9 Å². The Kier molecular flexibility index (Phi) is 5.57. The molecule has 144 valence electrons. The van der Waals surface area contributed by atoms with Crippen LogP contribution in [0.3, 0.4) is 0 Å². The van der Waals surface area contributed by atoms with Crippen molar-refractivity contribution in [3.05, 3.63) is 35.9 Å². The normalized spacial score (nSPS) is 14.8. The molecule has 0 aliphatic heterocycles. The minimum atomic E-state index is -4.51. The molecular formula is C18H21F3N6. The standard InChI is InChI=1S/C18H21F3N6/c1-11(2)23-16-25-15(12-6-4-3-5-7-12)26-17(27-16)24-13-8-9-22-14(10-13)18(19,20)21/h6,8-11H,3-5,7H2,1-2H3,(H2,22,23,24,25,26,27). The van der Waals surface area contributed by atoms with E-state index in [1.165, 1.54) is 6.07 Å². The van der Waals surface area contributed by atoms with E-state index in [9.17, 15) is 13.2 Å². The second-order valence-corrected chi connectivity index (χ2v) is 6.63. The highest BCUT2D eigenvalue weighted by Crippen LogP contribution is 2.30. The fourth-order valence-corrected chi connectivity index (χ4v) is 2.73. The number of nitrogens with one attached hydrogen (secondary N) is 2. The maximum absolute atomic E-state index is 12.9. The Balaban J connectivity index is 1.93. The van der Waals surface area contributed by atoms with Crippen LogP contribution in [0.4, 0.5) is 30.8 Å². The third-order valence-corrected chi connectivity index (χ3v) is 3.94. The fraction of sp³-hybridized carbons (Fsp3) is 0.444. The van der Waals surface area contributed by atoms with Crippen LogP contribution in [-0.2, 0) is 6.18 Å². The van der Waals surface area contributed by atoms with Crippen molar-refractivity contribution in [2.45, 2.75) is 51.7 Å². The van der Waals surface area contributed by atoms with E-state index in [0.29, 0.717) is 11.8 Å². The number of aromatic nitrogens is 4. The van der Waals surface area contributed by atoms with E-state index in [4.69, 9.17) is 0 Å². The molecule has 0 unspecified atom stereocenters. The SMILES string of the molecule is CC(C)Nc1nc(Nc2ccnc(C(F)(F)F)c2)nc(C2=CCCCC2)n1. The Bertz CT molecular complexity index is 832. The molecule has 1 aliphatic rings. The van der Waals surface area contributed by atoms with Crippen LogP contribution in [0.5, 0.6) is 0 Å². The summed E-state index contributed by atoms with van der Waals surface area (Å²) in [4.78, 5) is 16.5. The number of rotatable bonds is 5. The van der Waals surface area contributed by atoms with Crippen LogP contribution < -0.4 is 10.6 Å². The Morgan fingerprint density at radius 3 is 2.52 bits per heavy atom. The Hall–Kier alpha value is -2.71. The number of allylic oxidation sites excluding steroid dienone is 2. The van der Waals surface area contributed by atoms with Crippen molar-refractivity contribution in [1.29, 1.82) is 0 Å². The molecule has 0 atom stereocenters. The number of anilines is 3. The van der Waals surface area contributed by atoms with Gasteiger partial charge in [0.25, 0.3) is 0 Å². The van der Waals surface area contributed by atoms with Gasteiger partial charge in [0.15, 0.2) is 5.82 Å². The van der Waals surface area contributed by atoms with Crippen LogP contribution in [-0.4, -0.2) is 26.0 Å². The first-order valence-corrected chi connectivity index (χ1v) is 8.83. The summed E-state index contributed by atoms with van der Waals surface area (Å²) in [5.74, 6) is 1.11. The van der Waals surface area contributed by atoms with E-state index in [2.05, 4.69) is 36.6 Å². The first kappa shape index (κ1) is 19.1. The quantitative estimate of drug-likeness (QED) is 0.778. The van der Waals surface area contributed by atoms with Crippen LogP contribution in [0, 0.1) is 0 Å². The first-order chi connectivity index (χ1) is 12.8. The molecule has 0 bridgehead atoms. The Labute approximate surface area is 155 Å². The van der Waals surface area contributed by atoms with Gasteiger partial charge in [-0.15, -0.1) is 0 Å². The molecule has 0 saturated heterocycles. The lowest BCUT2D eigenvalue weighted by Crippen LogP contribution is -2.15. The van der Waals surface area contributed by atoms with Crippen LogP contribution in [0.1, 0.15) is 51.0 Å². The van der Waals surface area contributed by atoms with Crippen LogP contribution in [0.25, 0.3) is 5.57 Å². The van der Waals surface area contributed by atoms with Crippen molar-refractivity contribution >= 4 is 23.2 Å². The molecular weight excluding hydrogens is 357 g/mol. The highest BCUT2D eigenvalue weighted by Gasteiger charge is 2.32. The third-order valence-electron chi connectivity index (χ3n) is 3.94. The molecule has 6 nitrogen and oxygen atoms in total. The molecule has 2 aromatic rings.